The van der Waals surface area contributed by atoms with Crippen LogP contribution in [-0.4, -0.2) is 6.26 Å². The molecule has 82 valence electrons. The van der Waals surface area contributed by atoms with Crippen LogP contribution in [0.1, 0.15) is 0 Å². The molecule has 0 spiro atoms. The van der Waals surface area contributed by atoms with Gasteiger partial charge in [0.05, 0.1) is 0 Å². The lowest BCUT2D eigenvalue weighted by Gasteiger charge is -2.11. The quantitative estimate of drug-likeness (QED) is 0.660. The maximum atomic E-state index is 6.28. The van der Waals surface area contributed by atoms with Crippen molar-refractivity contribution in [2.45, 2.75) is 4.90 Å². The fourth-order valence-corrected chi connectivity index (χ4v) is 3.05. The van der Waals surface area contributed by atoms with E-state index in [2.05, 4.69) is 34.3 Å². The summed E-state index contributed by atoms with van der Waals surface area (Å²) in [7, 11) is 0. The summed E-state index contributed by atoms with van der Waals surface area (Å²) in [5.74, 6) is 0. The molecule has 2 aromatic rings. The van der Waals surface area contributed by atoms with Crippen LogP contribution < -0.4 is 0 Å². The summed E-state index contributed by atoms with van der Waals surface area (Å²) < 4.78 is 1.07. The molecule has 0 fully saturated rings. The Morgan fingerprint density at radius 2 is 1.81 bits per heavy atom. The van der Waals surface area contributed by atoms with Crippen LogP contribution in [-0.2, 0) is 0 Å². The minimum absolute atomic E-state index is 0.791. The minimum atomic E-state index is 0.791. The Kier molecular flexibility index (Phi) is 3.95. The van der Waals surface area contributed by atoms with Gasteiger partial charge in [0.1, 0.15) is 0 Å². The van der Waals surface area contributed by atoms with Gasteiger partial charge >= 0.3 is 0 Å². The number of benzene rings is 2. The third kappa shape index (κ3) is 2.29. The zero-order valence-corrected chi connectivity index (χ0v) is 11.9. The van der Waals surface area contributed by atoms with Gasteiger partial charge in [-0.1, -0.05) is 51.8 Å². The zero-order chi connectivity index (χ0) is 11.5. The van der Waals surface area contributed by atoms with Gasteiger partial charge in [-0.25, -0.2) is 0 Å². The first kappa shape index (κ1) is 12.0. The van der Waals surface area contributed by atoms with Crippen molar-refractivity contribution in [1.82, 2.24) is 0 Å². The second-order valence-corrected chi connectivity index (χ2v) is 5.41. The van der Waals surface area contributed by atoms with Crippen LogP contribution in [0.15, 0.2) is 51.8 Å². The van der Waals surface area contributed by atoms with Crippen LogP contribution in [0.2, 0.25) is 5.02 Å². The Bertz CT molecular complexity index is 511. The van der Waals surface area contributed by atoms with Gasteiger partial charge in [0.2, 0.25) is 0 Å². The summed E-state index contributed by atoms with van der Waals surface area (Å²) in [4.78, 5) is 1.19. The Morgan fingerprint density at radius 1 is 1.06 bits per heavy atom. The van der Waals surface area contributed by atoms with Crippen molar-refractivity contribution < 1.29 is 0 Å². The van der Waals surface area contributed by atoms with Crippen LogP contribution in [0.5, 0.6) is 0 Å². The van der Waals surface area contributed by atoms with Crippen molar-refractivity contribution >= 4 is 39.3 Å². The third-order valence-corrected chi connectivity index (χ3v) is 4.12. The molecule has 0 saturated carbocycles. The summed E-state index contributed by atoms with van der Waals surface area (Å²) in [6.07, 6.45) is 2.06. The largest absolute Gasteiger partial charge is 0.129 e. The minimum Gasteiger partial charge on any atom is -0.129 e. The van der Waals surface area contributed by atoms with Gasteiger partial charge in [-0.2, -0.15) is 0 Å². The second kappa shape index (κ2) is 5.26. The molecule has 0 bridgehead atoms. The van der Waals surface area contributed by atoms with Gasteiger partial charge in [-0.05, 0) is 30.0 Å². The van der Waals surface area contributed by atoms with Crippen molar-refractivity contribution in [1.29, 1.82) is 0 Å². The average Bonchev–Trinajstić information content (AvgIpc) is 2.30. The number of hydrogen-bond donors (Lipinski definition) is 0. The van der Waals surface area contributed by atoms with Crippen LogP contribution in [0, 0.1) is 0 Å². The van der Waals surface area contributed by atoms with Crippen LogP contribution >= 0.6 is 39.3 Å². The number of rotatable bonds is 2. The van der Waals surface area contributed by atoms with Gasteiger partial charge in [0, 0.05) is 20.0 Å². The van der Waals surface area contributed by atoms with E-state index in [0.717, 1.165) is 20.6 Å². The summed E-state index contributed by atoms with van der Waals surface area (Å²) >= 11 is 11.6. The van der Waals surface area contributed by atoms with E-state index in [0.29, 0.717) is 0 Å². The monoisotopic (exact) mass is 312 g/mol. The second-order valence-electron chi connectivity index (χ2n) is 3.30. The van der Waals surface area contributed by atoms with E-state index < -0.39 is 0 Å². The highest BCUT2D eigenvalue weighted by Crippen LogP contribution is 2.39. The lowest BCUT2D eigenvalue weighted by molar-refractivity contribution is 1.44. The summed E-state index contributed by atoms with van der Waals surface area (Å²) in [5.41, 5.74) is 2.24. The van der Waals surface area contributed by atoms with Gasteiger partial charge in [0.25, 0.3) is 0 Å². The molecular weight excluding hydrogens is 304 g/mol. The molecule has 0 saturated heterocycles. The van der Waals surface area contributed by atoms with Gasteiger partial charge in [-0.15, -0.1) is 11.8 Å². The van der Waals surface area contributed by atoms with Gasteiger partial charge in [-0.3, -0.25) is 0 Å². The molecule has 3 heteroatoms. The van der Waals surface area contributed by atoms with E-state index >= 15 is 0 Å². The molecule has 0 nitrogen and oxygen atoms in total. The van der Waals surface area contributed by atoms with Gasteiger partial charge in [0.15, 0.2) is 0 Å². The predicted octanol–water partition coefficient (Wildman–Crippen LogP) is 5.49. The fraction of sp³-hybridized carbons (Fsp3) is 0.0769. The van der Waals surface area contributed by atoms with Crippen molar-refractivity contribution in [2.24, 2.45) is 0 Å². The normalized spacial score (nSPS) is 10.4. The van der Waals surface area contributed by atoms with E-state index in [9.17, 15) is 0 Å². The van der Waals surface area contributed by atoms with Crippen LogP contribution in [0.3, 0.4) is 0 Å². The summed E-state index contributed by atoms with van der Waals surface area (Å²) in [6, 6.07) is 14.1. The van der Waals surface area contributed by atoms with E-state index in [4.69, 9.17) is 11.6 Å². The predicted molar refractivity (Wildman–Crippen MR) is 76.4 cm³/mol. The topological polar surface area (TPSA) is 0 Å². The molecule has 2 rings (SSSR count). The average molecular weight is 314 g/mol. The molecule has 0 aliphatic heterocycles. The third-order valence-electron chi connectivity index (χ3n) is 2.34. The Morgan fingerprint density at radius 3 is 2.50 bits per heavy atom. The molecule has 0 aromatic heterocycles. The van der Waals surface area contributed by atoms with Crippen molar-refractivity contribution in [2.75, 3.05) is 6.26 Å². The van der Waals surface area contributed by atoms with Crippen molar-refractivity contribution in [3.63, 3.8) is 0 Å². The highest BCUT2D eigenvalue weighted by Gasteiger charge is 2.10. The lowest BCUT2D eigenvalue weighted by Crippen LogP contribution is -1.84. The smallest absolute Gasteiger partial charge is 0.0496 e. The maximum Gasteiger partial charge on any atom is 0.0496 e. The number of hydrogen-bond acceptors (Lipinski definition) is 1. The maximum absolute atomic E-state index is 6.28. The lowest BCUT2D eigenvalue weighted by atomic mass is 10.1. The van der Waals surface area contributed by atoms with Crippen LogP contribution in [0.4, 0.5) is 0 Å². The molecule has 0 aliphatic carbocycles. The van der Waals surface area contributed by atoms with E-state index in [1.54, 1.807) is 11.8 Å². The first-order chi connectivity index (χ1) is 7.74. The molecule has 2 aromatic carbocycles. The molecule has 0 amide bonds. The number of thioether (sulfide) groups is 1. The Balaban J connectivity index is 2.68. The Labute approximate surface area is 113 Å². The highest BCUT2D eigenvalue weighted by atomic mass is 79.9. The molecular formula is C13H10BrClS. The van der Waals surface area contributed by atoms with E-state index in [-0.39, 0.29) is 0 Å². The molecule has 0 atom stereocenters. The fourth-order valence-electron chi connectivity index (χ4n) is 1.60. The molecule has 16 heavy (non-hydrogen) atoms. The molecule has 0 radical (unpaired) electrons. The standard InChI is InChI=1S/C13H10BrClS/c1-16-12-8-4-7-11(15)13(12)9-5-2-3-6-10(9)14/h2-8H,1H3. The first-order valence-corrected chi connectivity index (χ1v) is 7.21. The van der Waals surface area contributed by atoms with Crippen molar-refractivity contribution in [3.05, 3.63) is 52.0 Å². The van der Waals surface area contributed by atoms with Crippen molar-refractivity contribution in [3.8, 4) is 11.1 Å². The molecule has 0 N–H and O–H groups in total. The molecule has 0 heterocycles. The van der Waals surface area contributed by atoms with E-state index in [1.807, 2.05) is 30.3 Å². The SMILES string of the molecule is CSc1cccc(Cl)c1-c1ccccc1Br. The first-order valence-electron chi connectivity index (χ1n) is 4.81. The molecule has 0 unspecified atom stereocenters. The van der Waals surface area contributed by atoms with E-state index in [1.165, 1.54) is 4.90 Å². The summed E-state index contributed by atoms with van der Waals surface area (Å²) in [6.45, 7) is 0. The van der Waals surface area contributed by atoms with Gasteiger partial charge < -0.3 is 0 Å². The zero-order valence-electron chi connectivity index (χ0n) is 8.71. The highest BCUT2D eigenvalue weighted by molar-refractivity contribution is 9.10. The van der Waals surface area contributed by atoms with Crippen LogP contribution in [0.25, 0.3) is 11.1 Å². The number of halogens is 2. The molecule has 0 aliphatic rings. The summed E-state index contributed by atoms with van der Waals surface area (Å²) in [5, 5.41) is 0.791. The Hall–Kier alpha value is -0.440.